The first-order chi connectivity index (χ1) is 7.65. The van der Waals surface area contributed by atoms with Gasteiger partial charge in [0.1, 0.15) is 5.69 Å². The number of likely N-dealkylation sites (tertiary alicyclic amines) is 1. The number of H-pyrrole nitrogens is 1. The summed E-state index contributed by atoms with van der Waals surface area (Å²) in [6, 6.07) is 3.28. The van der Waals surface area contributed by atoms with Crippen LogP contribution in [0, 0.1) is 0 Å². The Bertz CT molecular complexity index is 382. The van der Waals surface area contributed by atoms with Crippen LogP contribution in [0.2, 0.25) is 0 Å². The van der Waals surface area contributed by atoms with E-state index in [1.54, 1.807) is 23.2 Å². The van der Waals surface area contributed by atoms with E-state index in [2.05, 4.69) is 10.3 Å². The van der Waals surface area contributed by atoms with E-state index in [9.17, 15) is 9.59 Å². The van der Waals surface area contributed by atoms with Crippen LogP contribution in [-0.2, 0) is 4.79 Å². The molecule has 86 valence electrons. The highest BCUT2D eigenvalue weighted by atomic mass is 16.3. The van der Waals surface area contributed by atoms with Crippen molar-refractivity contribution >= 4 is 11.8 Å². The Morgan fingerprint density at radius 3 is 2.88 bits per heavy atom. The summed E-state index contributed by atoms with van der Waals surface area (Å²) in [6.07, 6.45) is 1.28. The fourth-order valence-electron chi connectivity index (χ4n) is 1.58. The van der Waals surface area contributed by atoms with Gasteiger partial charge >= 0.3 is 0 Å². The Labute approximate surface area is 92.3 Å². The zero-order chi connectivity index (χ0) is 11.5. The van der Waals surface area contributed by atoms with Crippen molar-refractivity contribution in [3.63, 3.8) is 0 Å². The van der Waals surface area contributed by atoms with E-state index in [1.165, 1.54) is 0 Å². The molecule has 1 aromatic heterocycles. The fourth-order valence-corrected chi connectivity index (χ4v) is 1.58. The number of β-amino-alcohol motifs (C(OH)–C–C–N with tert-alkyl or cyclic N) is 1. The Hall–Kier alpha value is -1.66. The third-order valence-electron chi connectivity index (χ3n) is 2.40. The van der Waals surface area contributed by atoms with E-state index in [0.717, 1.165) is 0 Å². The van der Waals surface area contributed by atoms with Crippen LogP contribution < -0.4 is 5.32 Å². The van der Waals surface area contributed by atoms with Crippen molar-refractivity contribution in [3.05, 3.63) is 24.0 Å². The minimum absolute atomic E-state index is 0.142. The summed E-state index contributed by atoms with van der Waals surface area (Å²) in [7, 11) is 0. The summed E-state index contributed by atoms with van der Waals surface area (Å²) < 4.78 is 0. The van der Waals surface area contributed by atoms with E-state index in [-0.39, 0.29) is 18.6 Å². The molecule has 0 unspecified atom stereocenters. The van der Waals surface area contributed by atoms with Crippen LogP contribution in [0.15, 0.2) is 18.3 Å². The second kappa shape index (κ2) is 4.46. The number of hydrogen-bond donors (Lipinski definition) is 3. The lowest BCUT2D eigenvalue weighted by Gasteiger charge is -2.34. The predicted octanol–water partition coefficient (Wildman–Crippen LogP) is -1.05. The molecule has 3 N–H and O–H groups in total. The average Bonchev–Trinajstić information content (AvgIpc) is 2.67. The number of amides is 2. The van der Waals surface area contributed by atoms with Crippen molar-refractivity contribution in [1.29, 1.82) is 0 Å². The summed E-state index contributed by atoms with van der Waals surface area (Å²) in [6.45, 7) is 1.12. The summed E-state index contributed by atoms with van der Waals surface area (Å²) >= 11 is 0. The van der Waals surface area contributed by atoms with Gasteiger partial charge in [0, 0.05) is 19.3 Å². The zero-order valence-electron chi connectivity index (χ0n) is 8.64. The van der Waals surface area contributed by atoms with Crippen molar-refractivity contribution in [2.75, 3.05) is 19.6 Å². The van der Waals surface area contributed by atoms with Gasteiger partial charge < -0.3 is 10.1 Å². The molecule has 2 rings (SSSR count). The molecule has 1 fully saturated rings. The Morgan fingerprint density at radius 1 is 1.56 bits per heavy atom. The highest BCUT2D eigenvalue weighted by Crippen LogP contribution is 2.05. The molecule has 1 aromatic rings. The first-order valence-electron chi connectivity index (χ1n) is 5.03. The first kappa shape index (κ1) is 10.8. The van der Waals surface area contributed by atoms with E-state index in [1.807, 2.05) is 0 Å². The minimum Gasteiger partial charge on any atom is -0.390 e. The number of aromatic amines is 1. The lowest BCUT2D eigenvalue weighted by Crippen LogP contribution is -2.54. The number of aliphatic hydroxyl groups is 1. The predicted molar refractivity (Wildman–Crippen MR) is 55.7 cm³/mol. The number of rotatable bonds is 3. The SMILES string of the molecule is O=C(CN1CC(O)C1)NC(=O)c1ccc[nH]1. The highest BCUT2D eigenvalue weighted by molar-refractivity contribution is 6.04. The van der Waals surface area contributed by atoms with Gasteiger partial charge in [-0.2, -0.15) is 0 Å². The third kappa shape index (κ3) is 2.47. The van der Waals surface area contributed by atoms with Gasteiger partial charge in [-0.05, 0) is 12.1 Å². The molecular formula is C10H13N3O3. The maximum absolute atomic E-state index is 11.4. The molecule has 2 heterocycles. The summed E-state index contributed by atoms with van der Waals surface area (Å²) in [4.78, 5) is 27.3. The summed E-state index contributed by atoms with van der Waals surface area (Å²) in [5.41, 5.74) is 0.358. The lowest BCUT2D eigenvalue weighted by atomic mass is 10.2. The van der Waals surface area contributed by atoms with Gasteiger partial charge in [0.25, 0.3) is 5.91 Å². The second-order valence-electron chi connectivity index (χ2n) is 3.81. The molecule has 0 spiro atoms. The lowest BCUT2D eigenvalue weighted by molar-refractivity contribution is -0.123. The van der Waals surface area contributed by atoms with Gasteiger partial charge in [0.2, 0.25) is 5.91 Å². The van der Waals surface area contributed by atoms with E-state index < -0.39 is 5.91 Å². The van der Waals surface area contributed by atoms with Crippen molar-refractivity contribution in [3.8, 4) is 0 Å². The van der Waals surface area contributed by atoms with Gasteiger partial charge in [-0.25, -0.2) is 0 Å². The largest absolute Gasteiger partial charge is 0.390 e. The van der Waals surface area contributed by atoms with Crippen molar-refractivity contribution < 1.29 is 14.7 Å². The minimum atomic E-state index is -0.434. The number of carbonyl (C=O) groups is 2. The molecular weight excluding hydrogens is 210 g/mol. The van der Waals surface area contributed by atoms with Crippen molar-refractivity contribution in [2.45, 2.75) is 6.10 Å². The number of aromatic nitrogens is 1. The zero-order valence-corrected chi connectivity index (χ0v) is 8.64. The number of nitrogens with zero attached hydrogens (tertiary/aromatic N) is 1. The Morgan fingerprint density at radius 2 is 2.31 bits per heavy atom. The number of carbonyl (C=O) groups excluding carboxylic acids is 2. The molecule has 2 amide bonds. The van der Waals surface area contributed by atoms with Gasteiger partial charge in [0.05, 0.1) is 12.6 Å². The molecule has 0 atom stereocenters. The van der Waals surface area contributed by atoms with Gasteiger partial charge in [-0.1, -0.05) is 0 Å². The van der Waals surface area contributed by atoms with Crippen molar-refractivity contribution in [1.82, 2.24) is 15.2 Å². The van der Waals surface area contributed by atoms with E-state index in [0.29, 0.717) is 18.8 Å². The molecule has 0 aliphatic carbocycles. The molecule has 0 bridgehead atoms. The maximum atomic E-state index is 11.4. The molecule has 0 aromatic carbocycles. The number of aliphatic hydroxyl groups excluding tert-OH is 1. The van der Waals surface area contributed by atoms with E-state index in [4.69, 9.17) is 5.11 Å². The monoisotopic (exact) mass is 223 g/mol. The van der Waals surface area contributed by atoms with Gasteiger partial charge in [-0.3, -0.25) is 19.8 Å². The first-order valence-corrected chi connectivity index (χ1v) is 5.03. The average molecular weight is 223 g/mol. The highest BCUT2D eigenvalue weighted by Gasteiger charge is 2.26. The van der Waals surface area contributed by atoms with E-state index >= 15 is 0 Å². The summed E-state index contributed by atoms with van der Waals surface area (Å²) in [5, 5.41) is 11.3. The number of hydrogen-bond acceptors (Lipinski definition) is 4. The standard InChI is InChI=1S/C10H13N3O3/c14-7-4-13(5-7)6-9(15)12-10(16)8-2-1-3-11-8/h1-3,7,11,14H,4-6H2,(H,12,15,16). The maximum Gasteiger partial charge on any atom is 0.274 e. The number of nitrogens with one attached hydrogen (secondary N) is 2. The quantitative estimate of drug-likeness (QED) is 0.610. The molecule has 0 saturated carbocycles. The second-order valence-corrected chi connectivity index (χ2v) is 3.81. The van der Waals surface area contributed by atoms with Gasteiger partial charge in [0.15, 0.2) is 0 Å². The Balaban J connectivity index is 1.77. The molecule has 1 aliphatic heterocycles. The normalized spacial score (nSPS) is 16.8. The van der Waals surface area contributed by atoms with Crippen LogP contribution in [0.5, 0.6) is 0 Å². The van der Waals surface area contributed by atoms with Crippen molar-refractivity contribution in [2.24, 2.45) is 0 Å². The Kier molecular flexibility index (Phi) is 3.02. The van der Waals surface area contributed by atoms with Crippen LogP contribution in [0.4, 0.5) is 0 Å². The molecule has 16 heavy (non-hydrogen) atoms. The third-order valence-corrected chi connectivity index (χ3v) is 2.40. The summed E-state index contributed by atoms with van der Waals surface area (Å²) in [5.74, 6) is -0.789. The molecule has 6 heteroatoms. The molecule has 1 aliphatic rings. The fraction of sp³-hybridized carbons (Fsp3) is 0.400. The smallest absolute Gasteiger partial charge is 0.274 e. The van der Waals surface area contributed by atoms with Crippen LogP contribution in [0.3, 0.4) is 0 Å². The van der Waals surface area contributed by atoms with Crippen LogP contribution in [-0.4, -0.2) is 52.5 Å². The topological polar surface area (TPSA) is 85.4 Å². The molecule has 6 nitrogen and oxygen atoms in total. The van der Waals surface area contributed by atoms with Gasteiger partial charge in [-0.15, -0.1) is 0 Å². The van der Waals surface area contributed by atoms with Crippen LogP contribution in [0.25, 0.3) is 0 Å². The molecule has 0 radical (unpaired) electrons. The van der Waals surface area contributed by atoms with Crippen LogP contribution >= 0.6 is 0 Å². The molecule has 1 saturated heterocycles. The number of imide groups is 1. The van der Waals surface area contributed by atoms with Crippen LogP contribution in [0.1, 0.15) is 10.5 Å².